The summed E-state index contributed by atoms with van der Waals surface area (Å²) in [7, 11) is 1.92. The third-order valence-corrected chi connectivity index (χ3v) is 2.11. The average molecular weight is 296 g/mol. The van der Waals surface area contributed by atoms with Gasteiger partial charge in [-0.25, -0.2) is 0 Å². The number of anilines is 1. The van der Waals surface area contributed by atoms with Crippen LogP contribution >= 0.6 is 22.6 Å². The molecular weight excluding hydrogens is 283 g/mol. The summed E-state index contributed by atoms with van der Waals surface area (Å²) in [4.78, 5) is 6.18. The van der Waals surface area contributed by atoms with Crippen LogP contribution < -0.4 is 10.2 Å². The zero-order valence-corrected chi connectivity index (χ0v) is 9.91. The van der Waals surface area contributed by atoms with E-state index in [9.17, 15) is 0 Å². The van der Waals surface area contributed by atoms with Gasteiger partial charge < -0.3 is 14.7 Å². The number of aromatic nitrogens is 2. The van der Waals surface area contributed by atoms with Crippen LogP contribution in [-0.2, 0) is 0 Å². The topological polar surface area (TPSA) is 54.2 Å². The molecule has 0 radical (unpaired) electrons. The maximum Gasteiger partial charge on any atom is 0.324 e. The molecule has 0 saturated carbocycles. The Labute approximate surface area is 91.0 Å². The average Bonchev–Trinajstić information content (AvgIpc) is 2.54. The van der Waals surface area contributed by atoms with Crippen molar-refractivity contribution >= 4 is 28.6 Å². The normalized spacial score (nSPS) is 10.4. The Balaban J connectivity index is 2.56. The van der Waals surface area contributed by atoms with Gasteiger partial charge in [-0.1, -0.05) is 0 Å². The molecule has 0 aliphatic heterocycles. The molecule has 1 rings (SSSR count). The highest BCUT2D eigenvalue weighted by atomic mass is 127. The summed E-state index contributed by atoms with van der Waals surface area (Å²) >= 11 is 2.03. The van der Waals surface area contributed by atoms with Gasteiger partial charge in [0, 0.05) is 42.2 Å². The van der Waals surface area contributed by atoms with Crippen molar-refractivity contribution < 1.29 is 4.52 Å². The molecule has 1 heterocycles. The van der Waals surface area contributed by atoms with Crippen LogP contribution in [0.1, 0.15) is 6.92 Å². The molecule has 1 aromatic heterocycles. The Bertz CT molecular complexity index is 252. The van der Waals surface area contributed by atoms with Crippen molar-refractivity contribution in [1.82, 2.24) is 15.5 Å². The summed E-state index contributed by atoms with van der Waals surface area (Å²) in [6, 6.07) is 0.599. The van der Waals surface area contributed by atoms with Crippen molar-refractivity contribution in [3.05, 3.63) is 3.83 Å². The van der Waals surface area contributed by atoms with E-state index >= 15 is 0 Å². The smallest absolute Gasteiger partial charge is 0.323 e. The summed E-state index contributed by atoms with van der Waals surface area (Å²) < 4.78 is 5.69. The van der Waals surface area contributed by atoms with E-state index in [1.165, 1.54) is 0 Å². The molecule has 13 heavy (non-hydrogen) atoms. The summed E-state index contributed by atoms with van der Waals surface area (Å²) in [5.41, 5.74) is 0. The fraction of sp³-hybridized carbons (Fsp3) is 0.714. The quantitative estimate of drug-likeness (QED) is 0.812. The zero-order chi connectivity index (χ0) is 9.68. The van der Waals surface area contributed by atoms with Gasteiger partial charge in [0.2, 0.25) is 3.83 Å². The number of nitrogens with zero attached hydrogens (tertiary/aromatic N) is 3. The van der Waals surface area contributed by atoms with Crippen molar-refractivity contribution in [2.45, 2.75) is 6.92 Å². The number of rotatable bonds is 5. The van der Waals surface area contributed by atoms with E-state index in [0.29, 0.717) is 9.85 Å². The van der Waals surface area contributed by atoms with Gasteiger partial charge in [0.25, 0.3) is 0 Å². The zero-order valence-electron chi connectivity index (χ0n) is 7.75. The lowest BCUT2D eigenvalue weighted by atomic mass is 10.5. The van der Waals surface area contributed by atoms with Crippen LogP contribution in [0.3, 0.4) is 0 Å². The van der Waals surface area contributed by atoms with Gasteiger partial charge in [-0.2, -0.15) is 4.98 Å². The van der Waals surface area contributed by atoms with E-state index in [-0.39, 0.29) is 0 Å². The molecule has 5 nitrogen and oxygen atoms in total. The van der Waals surface area contributed by atoms with E-state index in [0.717, 1.165) is 19.6 Å². The third kappa shape index (κ3) is 3.11. The predicted molar refractivity (Wildman–Crippen MR) is 58.8 cm³/mol. The van der Waals surface area contributed by atoms with Gasteiger partial charge in [0.1, 0.15) is 0 Å². The molecule has 0 aliphatic carbocycles. The Hall–Kier alpha value is -0.370. The minimum atomic E-state index is 0.599. The lowest BCUT2D eigenvalue weighted by Crippen LogP contribution is -2.30. The minimum absolute atomic E-state index is 0.599. The monoisotopic (exact) mass is 296 g/mol. The molecule has 0 atom stereocenters. The highest BCUT2D eigenvalue weighted by molar-refractivity contribution is 14.1. The minimum Gasteiger partial charge on any atom is -0.323 e. The number of hydrogen-bond donors (Lipinski definition) is 1. The van der Waals surface area contributed by atoms with Gasteiger partial charge in [0.15, 0.2) is 0 Å². The van der Waals surface area contributed by atoms with Crippen molar-refractivity contribution in [2.24, 2.45) is 0 Å². The van der Waals surface area contributed by atoms with Gasteiger partial charge in [-0.05, 0) is 19.1 Å². The summed E-state index contributed by atoms with van der Waals surface area (Å²) in [6.07, 6.45) is 0. The molecule has 0 amide bonds. The van der Waals surface area contributed by atoms with Crippen LogP contribution in [0.15, 0.2) is 4.52 Å². The molecular formula is C7H13IN4O. The van der Waals surface area contributed by atoms with E-state index < -0.39 is 0 Å². The van der Waals surface area contributed by atoms with Crippen LogP contribution in [-0.4, -0.2) is 36.8 Å². The van der Waals surface area contributed by atoms with E-state index in [1.807, 2.05) is 34.5 Å². The largest absolute Gasteiger partial charge is 0.324 e. The Kier molecular flexibility index (Phi) is 4.43. The molecule has 0 saturated heterocycles. The molecule has 0 fully saturated rings. The standard InChI is InChI=1S/C7H13IN4O/c1-3-12(5-4-9-2)7-10-6(8)11-13-7/h9H,3-5H2,1-2H3. The predicted octanol–water partition coefficient (Wildman–Crippen LogP) is 0.720. The summed E-state index contributed by atoms with van der Waals surface area (Å²) in [6.45, 7) is 4.73. The summed E-state index contributed by atoms with van der Waals surface area (Å²) in [5, 5.41) is 6.81. The first kappa shape index (κ1) is 10.7. The van der Waals surface area contributed by atoms with Crippen molar-refractivity contribution in [2.75, 3.05) is 31.6 Å². The maximum atomic E-state index is 5.04. The van der Waals surface area contributed by atoms with E-state index in [4.69, 9.17) is 4.52 Å². The second-order valence-electron chi connectivity index (χ2n) is 2.53. The van der Waals surface area contributed by atoms with Crippen molar-refractivity contribution in [3.63, 3.8) is 0 Å². The van der Waals surface area contributed by atoms with Crippen LogP contribution in [0, 0.1) is 3.83 Å². The van der Waals surface area contributed by atoms with Gasteiger partial charge >= 0.3 is 6.01 Å². The molecule has 0 unspecified atom stereocenters. The number of hydrogen-bond acceptors (Lipinski definition) is 5. The summed E-state index contributed by atoms with van der Waals surface area (Å²) in [5.74, 6) is 0. The highest BCUT2D eigenvalue weighted by Crippen LogP contribution is 2.10. The van der Waals surface area contributed by atoms with Gasteiger partial charge in [-0.3, -0.25) is 0 Å². The fourth-order valence-electron chi connectivity index (χ4n) is 0.962. The number of nitrogens with one attached hydrogen (secondary N) is 1. The van der Waals surface area contributed by atoms with Crippen LogP contribution in [0.25, 0.3) is 0 Å². The third-order valence-electron chi connectivity index (χ3n) is 1.67. The van der Waals surface area contributed by atoms with Gasteiger partial charge in [-0.15, -0.1) is 0 Å². The first-order valence-corrected chi connectivity index (χ1v) is 5.24. The first-order valence-electron chi connectivity index (χ1n) is 4.16. The van der Waals surface area contributed by atoms with Crippen molar-refractivity contribution in [1.29, 1.82) is 0 Å². The Morgan fingerprint density at radius 2 is 2.38 bits per heavy atom. The number of likely N-dealkylation sites (N-methyl/N-ethyl adjacent to an activating group) is 2. The highest BCUT2D eigenvalue weighted by Gasteiger charge is 2.10. The van der Waals surface area contributed by atoms with Crippen molar-refractivity contribution in [3.8, 4) is 0 Å². The molecule has 6 heteroatoms. The maximum absolute atomic E-state index is 5.04. The van der Waals surface area contributed by atoms with Crippen LogP contribution in [0.5, 0.6) is 0 Å². The molecule has 0 spiro atoms. The Morgan fingerprint density at radius 1 is 1.62 bits per heavy atom. The second kappa shape index (κ2) is 5.38. The van der Waals surface area contributed by atoms with E-state index in [2.05, 4.69) is 22.4 Å². The molecule has 0 aliphatic rings. The molecule has 0 bridgehead atoms. The SMILES string of the molecule is CCN(CCNC)c1nc(I)no1. The molecule has 74 valence electrons. The lowest BCUT2D eigenvalue weighted by Gasteiger charge is -2.16. The van der Waals surface area contributed by atoms with Gasteiger partial charge in [0.05, 0.1) is 0 Å². The second-order valence-corrected chi connectivity index (χ2v) is 3.49. The number of halogens is 1. The first-order chi connectivity index (χ1) is 6.27. The Morgan fingerprint density at radius 3 is 2.85 bits per heavy atom. The van der Waals surface area contributed by atoms with E-state index in [1.54, 1.807) is 0 Å². The van der Waals surface area contributed by atoms with Crippen LogP contribution in [0.2, 0.25) is 0 Å². The lowest BCUT2D eigenvalue weighted by molar-refractivity contribution is 0.409. The molecule has 1 N–H and O–H groups in total. The molecule has 0 aromatic carbocycles. The van der Waals surface area contributed by atoms with Crippen LogP contribution in [0.4, 0.5) is 6.01 Å². The fourth-order valence-corrected chi connectivity index (χ4v) is 1.27. The molecule has 1 aromatic rings.